The molecule has 0 amide bonds. The molecule has 2 rings (SSSR count). The first-order chi connectivity index (χ1) is 8.70. The number of aromatic carboxylic acids is 1. The molecule has 0 atom stereocenters. The number of carboxylic acid groups (broad SMARTS) is 1. The van der Waals surface area contributed by atoms with E-state index in [1.165, 1.54) is 0 Å². The summed E-state index contributed by atoms with van der Waals surface area (Å²) in [5.41, 5.74) is 0.582. The Hall–Kier alpha value is -2.37. The highest BCUT2D eigenvalue weighted by molar-refractivity contribution is 5.83. The first kappa shape index (κ1) is 12.1. The molecule has 94 valence electrons. The Kier molecular flexibility index (Phi) is 3.57. The Morgan fingerprint density at radius 3 is 2.94 bits per heavy atom. The maximum absolute atomic E-state index is 10.9. The van der Waals surface area contributed by atoms with Gasteiger partial charge in [0.05, 0.1) is 11.9 Å². The van der Waals surface area contributed by atoms with E-state index in [1.807, 2.05) is 6.92 Å². The summed E-state index contributed by atoms with van der Waals surface area (Å²) in [6.07, 6.45) is 4.93. The molecule has 2 aromatic rings. The van der Waals surface area contributed by atoms with E-state index in [4.69, 9.17) is 9.84 Å². The molecule has 0 bridgehead atoms. The van der Waals surface area contributed by atoms with E-state index in [0.717, 1.165) is 0 Å². The third kappa shape index (κ3) is 2.65. The fourth-order valence-corrected chi connectivity index (χ4v) is 1.54. The van der Waals surface area contributed by atoms with E-state index in [0.29, 0.717) is 18.0 Å². The molecule has 0 aliphatic heterocycles. The number of aromatic nitrogens is 3. The van der Waals surface area contributed by atoms with Gasteiger partial charge in [-0.15, -0.1) is 0 Å². The molecule has 0 aromatic carbocycles. The van der Waals surface area contributed by atoms with Crippen molar-refractivity contribution in [2.45, 2.75) is 20.1 Å². The summed E-state index contributed by atoms with van der Waals surface area (Å²) in [7, 11) is 0. The maximum Gasteiger partial charge on any atom is 0.372 e. The molecular formula is C12H13N3O3. The lowest BCUT2D eigenvalue weighted by molar-refractivity contribution is 0.0678. The van der Waals surface area contributed by atoms with Crippen LogP contribution in [0, 0.1) is 0 Å². The minimum Gasteiger partial charge on any atom is -0.486 e. The Balaban J connectivity index is 2.08. The van der Waals surface area contributed by atoms with Crippen molar-refractivity contribution in [2.75, 3.05) is 0 Å². The van der Waals surface area contributed by atoms with Gasteiger partial charge in [-0.25, -0.2) is 9.78 Å². The Labute approximate surface area is 104 Å². The third-order valence-corrected chi connectivity index (χ3v) is 2.38. The van der Waals surface area contributed by atoms with Crippen molar-refractivity contribution in [3.05, 3.63) is 42.2 Å². The highest BCUT2D eigenvalue weighted by Gasteiger charge is 2.13. The second-order valence-corrected chi connectivity index (χ2v) is 3.62. The smallest absolute Gasteiger partial charge is 0.372 e. The number of hydrogen-bond acceptors (Lipinski definition) is 4. The fourth-order valence-electron chi connectivity index (χ4n) is 1.54. The predicted octanol–water partition coefficient (Wildman–Crippen LogP) is 1.58. The molecule has 0 saturated carbocycles. The monoisotopic (exact) mass is 247 g/mol. The molecule has 0 saturated heterocycles. The van der Waals surface area contributed by atoms with E-state index in [-0.39, 0.29) is 12.4 Å². The standard InChI is InChI=1S/C12H13N3O3/c1-2-15-7-9(14-11(15)12(16)17)8-18-10-4-3-5-13-6-10/h3-7H,2,8H2,1H3,(H,16,17). The van der Waals surface area contributed by atoms with Crippen molar-refractivity contribution < 1.29 is 14.6 Å². The molecule has 0 aliphatic rings. The molecular weight excluding hydrogens is 234 g/mol. The largest absolute Gasteiger partial charge is 0.486 e. The van der Waals surface area contributed by atoms with Gasteiger partial charge in [0.25, 0.3) is 0 Å². The summed E-state index contributed by atoms with van der Waals surface area (Å²) in [4.78, 5) is 18.9. The second-order valence-electron chi connectivity index (χ2n) is 3.62. The second kappa shape index (κ2) is 5.31. The molecule has 0 unspecified atom stereocenters. The SMILES string of the molecule is CCn1cc(COc2cccnc2)nc1C(=O)O. The van der Waals surface area contributed by atoms with Gasteiger partial charge >= 0.3 is 5.97 Å². The Morgan fingerprint density at radius 1 is 1.56 bits per heavy atom. The minimum absolute atomic E-state index is 0.0299. The Bertz CT molecular complexity index is 537. The van der Waals surface area contributed by atoms with Crippen molar-refractivity contribution in [3.8, 4) is 5.75 Å². The molecule has 0 radical (unpaired) electrons. The number of ether oxygens (including phenoxy) is 1. The van der Waals surface area contributed by atoms with Gasteiger partial charge in [-0.3, -0.25) is 4.98 Å². The topological polar surface area (TPSA) is 77.2 Å². The van der Waals surface area contributed by atoms with Crippen molar-refractivity contribution in [3.63, 3.8) is 0 Å². The first-order valence-corrected chi connectivity index (χ1v) is 5.53. The summed E-state index contributed by atoms with van der Waals surface area (Å²) in [5.74, 6) is -0.382. The predicted molar refractivity (Wildman–Crippen MR) is 63.4 cm³/mol. The van der Waals surface area contributed by atoms with Crippen molar-refractivity contribution in [2.24, 2.45) is 0 Å². The lowest BCUT2D eigenvalue weighted by Crippen LogP contribution is -2.07. The molecule has 2 heterocycles. The van der Waals surface area contributed by atoms with Gasteiger partial charge < -0.3 is 14.4 Å². The average Bonchev–Trinajstić information content (AvgIpc) is 2.81. The lowest BCUT2D eigenvalue weighted by atomic mass is 10.4. The molecule has 0 spiro atoms. The van der Waals surface area contributed by atoms with Crippen molar-refractivity contribution in [1.29, 1.82) is 0 Å². The van der Waals surface area contributed by atoms with Gasteiger partial charge in [-0.1, -0.05) is 0 Å². The van der Waals surface area contributed by atoms with E-state index in [2.05, 4.69) is 9.97 Å². The van der Waals surface area contributed by atoms with Gasteiger partial charge in [0.2, 0.25) is 5.82 Å². The zero-order valence-electron chi connectivity index (χ0n) is 9.91. The summed E-state index contributed by atoms with van der Waals surface area (Å²) >= 11 is 0. The number of hydrogen-bond donors (Lipinski definition) is 1. The molecule has 2 aromatic heterocycles. The van der Waals surface area contributed by atoms with E-state index in [9.17, 15) is 4.79 Å². The van der Waals surface area contributed by atoms with Gasteiger partial charge in [0, 0.05) is 18.9 Å². The molecule has 1 N–H and O–H groups in total. The first-order valence-electron chi connectivity index (χ1n) is 5.53. The van der Waals surface area contributed by atoms with Crippen LogP contribution in [0.3, 0.4) is 0 Å². The van der Waals surface area contributed by atoms with Crippen molar-refractivity contribution >= 4 is 5.97 Å². The van der Waals surface area contributed by atoms with Crippen LogP contribution in [0.2, 0.25) is 0 Å². The number of aryl methyl sites for hydroxylation is 1. The quantitative estimate of drug-likeness (QED) is 0.867. The minimum atomic E-state index is -1.04. The lowest BCUT2D eigenvalue weighted by Gasteiger charge is -2.02. The molecule has 18 heavy (non-hydrogen) atoms. The number of nitrogens with zero attached hydrogens (tertiary/aromatic N) is 3. The maximum atomic E-state index is 10.9. The van der Waals surface area contributed by atoms with E-state index < -0.39 is 5.97 Å². The number of pyridine rings is 1. The van der Waals surface area contributed by atoms with Crippen LogP contribution in [0.5, 0.6) is 5.75 Å². The summed E-state index contributed by atoms with van der Waals surface area (Å²) in [6.45, 7) is 2.64. The van der Waals surface area contributed by atoms with Gasteiger partial charge in [-0.2, -0.15) is 0 Å². The van der Waals surface area contributed by atoms with Crippen LogP contribution in [-0.2, 0) is 13.2 Å². The zero-order chi connectivity index (χ0) is 13.0. The summed E-state index contributed by atoms with van der Waals surface area (Å²) < 4.78 is 7.03. The van der Waals surface area contributed by atoms with Crippen LogP contribution >= 0.6 is 0 Å². The molecule has 6 heteroatoms. The van der Waals surface area contributed by atoms with Crippen LogP contribution < -0.4 is 4.74 Å². The molecule has 6 nitrogen and oxygen atoms in total. The van der Waals surface area contributed by atoms with Crippen molar-refractivity contribution in [1.82, 2.24) is 14.5 Å². The van der Waals surface area contributed by atoms with Crippen LogP contribution in [0.15, 0.2) is 30.7 Å². The number of carbonyl (C=O) groups is 1. The number of imidazole rings is 1. The highest BCUT2D eigenvalue weighted by atomic mass is 16.5. The Morgan fingerprint density at radius 2 is 2.39 bits per heavy atom. The normalized spacial score (nSPS) is 10.3. The summed E-state index contributed by atoms with van der Waals surface area (Å²) in [6, 6.07) is 3.55. The third-order valence-electron chi connectivity index (χ3n) is 2.38. The van der Waals surface area contributed by atoms with Gasteiger partial charge in [0.15, 0.2) is 0 Å². The molecule has 0 fully saturated rings. The number of rotatable bonds is 5. The highest BCUT2D eigenvalue weighted by Crippen LogP contribution is 2.10. The van der Waals surface area contributed by atoms with Gasteiger partial charge in [0.1, 0.15) is 12.4 Å². The average molecular weight is 247 g/mol. The molecule has 0 aliphatic carbocycles. The summed E-state index contributed by atoms with van der Waals surface area (Å²) in [5, 5.41) is 8.96. The van der Waals surface area contributed by atoms with E-state index >= 15 is 0 Å². The van der Waals surface area contributed by atoms with E-state index in [1.54, 1.807) is 35.3 Å². The number of carboxylic acids is 1. The van der Waals surface area contributed by atoms with Gasteiger partial charge in [-0.05, 0) is 19.1 Å². The fraction of sp³-hybridized carbons (Fsp3) is 0.250. The van der Waals surface area contributed by atoms with Crippen LogP contribution in [0.1, 0.15) is 23.2 Å². The zero-order valence-corrected chi connectivity index (χ0v) is 9.91. The van der Waals surface area contributed by atoms with Crippen LogP contribution in [0.4, 0.5) is 0 Å². The van der Waals surface area contributed by atoms with Crippen LogP contribution in [-0.4, -0.2) is 25.6 Å². The van der Waals surface area contributed by atoms with Crippen LogP contribution in [0.25, 0.3) is 0 Å².